The molecular formula is C15H21N3. The van der Waals surface area contributed by atoms with Gasteiger partial charge in [-0.25, -0.2) is 0 Å². The molecule has 2 rings (SSSR count). The second-order valence-corrected chi connectivity index (χ2v) is 4.98. The first-order valence-electron chi connectivity index (χ1n) is 6.68. The number of benzene rings is 1. The third-order valence-electron chi connectivity index (χ3n) is 3.83. The second-order valence-electron chi connectivity index (χ2n) is 4.98. The molecule has 0 aromatic heterocycles. The van der Waals surface area contributed by atoms with Crippen molar-refractivity contribution in [2.45, 2.75) is 19.4 Å². The average Bonchev–Trinajstić information content (AvgIpc) is 2.77. The lowest BCUT2D eigenvalue weighted by molar-refractivity contribution is 0.272. The molecular weight excluding hydrogens is 222 g/mol. The number of nitriles is 1. The number of nitrogens with zero attached hydrogens (tertiary/aromatic N) is 2. The van der Waals surface area contributed by atoms with Gasteiger partial charge in [-0.1, -0.05) is 25.1 Å². The summed E-state index contributed by atoms with van der Waals surface area (Å²) in [6.07, 6.45) is 1.20. The van der Waals surface area contributed by atoms with Crippen LogP contribution in [0.5, 0.6) is 0 Å². The Kier molecular flexibility index (Phi) is 4.35. The third-order valence-corrected chi connectivity index (χ3v) is 3.83. The van der Waals surface area contributed by atoms with Crippen LogP contribution in [0.2, 0.25) is 0 Å². The zero-order chi connectivity index (χ0) is 13.0. The molecule has 1 aromatic rings. The van der Waals surface area contributed by atoms with Crippen LogP contribution >= 0.6 is 0 Å². The number of hydrogen-bond donors (Lipinski definition) is 1. The van der Waals surface area contributed by atoms with E-state index in [1.54, 1.807) is 0 Å². The average molecular weight is 243 g/mol. The van der Waals surface area contributed by atoms with Crippen molar-refractivity contribution in [2.24, 2.45) is 5.92 Å². The van der Waals surface area contributed by atoms with E-state index in [-0.39, 0.29) is 0 Å². The summed E-state index contributed by atoms with van der Waals surface area (Å²) in [6.45, 7) is 5.29. The van der Waals surface area contributed by atoms with Crippen molar-refractivity contribution in [3.8, 4) is 6.07 Å². The molecule has 0 spiro atoms. The Hall–Kier alpha value is -1.37. The Morgan fingerprint density at radius 1 is 1.44 bits per heavy atom. The van der Waals surface area contributed by atoms with Crippen LogP contribution in [-0.2, 0) is 0 Å². The number of rotatable bonds is 4. The monoisotopic (exact) mass is 243 g/mol. The van der Waals surface area contributed by atoms with Crippen molar-refractivity contribution in [3.05, 3.63) is 35.4 Å². The molecule has 0 bridgehead atoms. The van der Waals surface area contributed by atoms with Gasteiger partial charge in [-0.05, 0) is 50.7 Å². The minimum absolute atomic E-state index is 0.375. The summed E-state index contributed by atoms with van der Waals surface area (Å²) in [7, 11) is 2.16. The molecule has 1 heterocycles. The molecule has 1 aliphatic heterocycles. The largest absolute Gasteiger partial charge is 0.317 e. The Labute approximate surface area is 109 Å². The standard InChI is InChI=1S/C15H21N3/c1-3-17-11-13-8-9-18(2)15(13)14-7-5-4-6-12(14)10-16/h4-7,13,15,17H,3,8-9,11H2,1-2H3. The molecule has 2 unspecified atom stereocenters. The minimum atomic E-state index is 0.375. The van der Waals surface area contributed by atoms with Gasteiger partial charge in [0.15, 0.2) is 0 Å². The highest BCUT2D eigenvalue weighted by atomic mass is 15.2. The van der Waals surface area contributed by atoms with E-state index in [1.807, 2.05) is 18.2 Å². The molecule has 0 aliphatic carbocycles. The van der Waals surface area contributed by atoms with Crippen molar-refractivity contribution in [3.63, 3.8) is 0 Å². The third kappa shape index (κ3) is 2.55. The van der Waals surface area contributed by atoms with E-state index in [4.69, 9.17) is 0 Å². The molecule has 18 heavy (non-hydrogen) atoms. The van der Waals surface area contributed by atoms with Gasteiger partial charge in [-0.2, -0.15) is 5.26 Å². The zero-order valence-corrected chi connectivity index (χ0v) is 11.2. The molecule has 1 fully saturated rings. The summed E-state index contributed by atoms with van der Waals surface area (Å²) in [5.74, 6) is 0.601. The van der Waals surface area contributed by atoms with Crippen molar-refractivity contribution in [1.29, 1.82) is 5.26 Å². The van der Waals surface area contributed by atoms with Crippen LogP contribution in [0.3, 0.4) is 0 Å². The van der Waals surface area contributed by atoms with Gasteiger partial charge in [0.05, 0.1) is 11.6 Å². The SMILES string of the molecule is CCNCC1CCN(C)C1c1ccccc1C#N. The maximum Gasteiger partial charge on any atom is 0.0995 e. The van der Waals surface area contributed by atoms with E-state index in [2.05, 4.69) is 36.3 Å². The summed E-state index contributed by atoms with van der Waals surface area (Å²) >= 11 is 0. The fourth-order valence-electron chi connectivity index (χ4n) is 2.92. The van der Waals surface area contributed by atoms with Gasteiger partial charge in [-0.15, -0.1) is 0 Å². The minimum Gasteiger partial charge on any atom is -0.317 e. The molecule has 1 N–H and O–H groups in total. The van der Waals surface area contributed by atoms with E-state index < -0.39 is 0 Å². The predicted octanol–water partition coefficient (Wildman–Crippen LogP) is 2.16. The summed E-state index contributed by atoms with van der Waals surface area (Å²) in [4.78, 5) is 2.37. The lowest BCUT2D eigenvalue weighted by Crippen LogP contribution is -2.28. The molecule has 1 aliphatic rings. The van der Waals surface area contributed by atoms with E-state index in [1.165, 1.54) is 12.0 Å². The highest BCUT2D eigenvalue weighted by molar-refractivity contribution is 5.40. The smallest absolute Gasteiger partial charge is 0.0995 e. The Bertz CT molecular complexity index is 436. The fraction of sp³-hybridized carbons (Fsp3) is 0.533. The maximum absolute atomic E-state index is 9.24. The van der Waals surface area contributed by atoms with Crippen LogP contribution < -0.4 is 5.32 Å². The summed E-state index contributed by atoms with van der Waals surface area (Å²) in [5.41, 5.74) is 2.00. The van der Waals surface area contributed by atoms with E-state index in [0.717, 1.165) is 25.2 Å². The zero-order valence-electron chi connectivity index (χ0n) is 11.2. The number of hydrogen-bond acceptors (Lipinski definition) is 3. The molecule has 3 heteroatoms. The van der Waals surface area contributed by atoms with Gasteiger partial charge in [0, 0.05) is 6.04 Å². The normalized spacial score (nSPS) is 24.1. The van der Waals surface area contributed by atoms with Gasteiger partial charge < -0.3 is 5.32 Å². The molecule has 0 amide bonds. The quantitative estimate of drug-likeness (QED) is 0.881. The van der Waals surface area contributed by atoms with E-state index >= 15 is 0 Å². The molecule has 2 atom stereocenters. The molecule has 0 radical (unpaired) electrons. The predicted molar refractivity (Wildman–Crippen MR) is 73.2 cm³/mol. The van der Waals surface area contributed by atoms with Crippen LogP contribution in [0.4, 0.5) is 0 Å². The molecule has 0 saturated carbocycles. The highest BCUT2D eigenvalue weighted by Gasteiger charge is 2.33. The van der Waals surface area contributed by atoms with Crippen molar-refractivity contribution >= 4 is 0 Å². The highest BCUT2D eigenvalue weighted by Crippen LogP contribution is 2.36. The lowest BCUT2D eigenvalue weighted by atomic mass is 9.91. The molecule has 1 saturated heterocycles. The van der Waals surface area contributed by atoms with Crippen LogP contribution in [0.1, 0.15) is 30.5 Å². The van der Waals surface area contributed by atoms with Gasteiger partial charge >= 0.3 is 0 Å². The summed E-state index contributed by atoms with van der Waals surface area (Å²) < 4.78 is 0. The van der Waals surface area contributed by atoms with Crippen LogP contribution in [0.15, 0.2) is 24.3 Å². The van der Waals surface area contributed by atoms with Crippen molar-refractivity contribution < 1.29 is 0 Å². The van der Waals surface area contributed by atoms with Gasteiger partial charge in [0.25, 0.3) is 0 Å². The van der Waals surface area contributed by atoms with Gasteiger partial charge in [0.2, 0.25) is 0 Å². The summed E-state index contributed by atoms with van der Waals surface area (Å²) in [6, 6.07) is 10.7. The van der Waals surface area contributed by atoms with Crippen LogP contribution in [-0.4, -0.2) is 31.6 Å². The van der Waals surface area contributed by atoms with E-state index in [9.17, 15) is 5.26 Å². The number of likely N-dealkylation sites (tertiary alicyclic amines) is 1. The topological polar surface area (TPSA) is 39.1 Å². The Morgan fingerprint density at radius 3 is 2.94 bits per heavy atom. The van der Waals surface area contributed by atoms with Crippen molar-refractivity contribution in [1.82, 2.24) is 10.2 Å². The number of nitrogens with one attached hydrogen (secondary N) is 1. The Morgan fingerprint density at radius 2 is 2.22 bits per heavy atom. The Balaban J connectivity index is 2.25. The molecule has 3 nitrogen and oxygen atoms in total. The van der Waals surface area contributed by atoms with E-state index in [0.29, 0.717) is 12.0 Å². The van der Waals surface area contributed by atoms with Crippen molar-refractivity contribution in [2.75, 3.05) is 26.7 Å². The first-order chi connectivity index (χ1) is 8.77. The first kappa shape index (κ1) is 13.1. The maximum atomic E-state index is 9.24. The first-order valence-corrected chi connectivity index (χ1v) is 6.68. The second kappa shape index (κ2) is 5.99. The molecule has 96 valence electrons. The van der Waals surface area contributed by atoms with Crippen LogP contribution in [0, 0.1) is 17.2 Å². The lowest BCUT2D eigenvalue weighted by Gasteiger charge is -2.26. The van der Waals surface area contributed by atoms with Gasteiger partial charge in [-0.3, -0.25) is 4.90 Å². The van der Waals surface area contributed by atoms with Gasteiger partial charge in [0.1, 0.15) is 0 Å². The fourth-order valence-corrected chi connectivity index (χ4v) is 2.92. The summed E-state index contributed by atoms with van der Waals surface area (Å²) in [5, 5.41) is 12.7. The van der Waals surface area contributed by atoms with Crippen LogP contribution in [0.25, 0.3) is 0 Å². The molecule has 1 aromatic carbocycles.